The lowest BCUT2D eigenvalue weighted by atomic mass is 9.84. The van der Waals surface area contributed by atoms with Crippen LogP contribution in [0.4, 0.5) is 0 Å². The zero-order chi connectivity index (χ0) is 13.6. The molecule has 0 spiro atoms. The summed E-state index contributed by atoms with van der Waals surface area (Å²) < 4.78 is 0. The van der Waals surface area contributed by atoms with Crippen LogP contribution in [0.3, 0.4) is 0 Å². The van der Waals surface area contributed by atoms with Gasteiger partial charge in [0, 0.05) is 12.0 Å². The van der Waals surface area contributed by atoms with E-state index in [2.05, 4.69) is 36.5 Å². The van der Waals surface area contributed by atoms with Crippen molar-refractivity contribution in [3.05, 3.63) is 35.4 Å². The highest BCUT2D eigenvalue weighted by molar-refractivity contribution is 6.23. The molecule has 18 heavy (non-hydrogen) atoms. The largest absolute Gasteiger partial charge is 0.349 e. The molecule has 0 aliphatic rings. The maximum Gasteiger partial charge on any atom is 0.284 e. The summed E-state index contributed by atoms with van der Waals surface area (Å²) in [7, 11) is 0. The number of hydrogen-bond acceptors (Lipinski definition) is 2. The van der Waals surface area contributed by atoms with E-state index < -0.39 is 5.91 Å². The Morgan fingerprint density at radius 2 is 1.89 bits per heavy atom. The first-order valence-electron chi connectivity index (χ1n) is 6.32. The lowest BCUT2D eigenvalue weighted by molar-refractivity contribution is -0.131. The molecule has 0 saturated carbocycles. The highest BCUT2D eigenvalue weighted by Crippen LogP contribution is 2.22. The second kappa shape index (κ2) is 6.34. The molecule has 1 aromatic rings. The van der Waals surface area contributed by atoms with Gasteiger partial charge in [-0.05, 0) is 17.5 Å². The smallest absolute Gasteiger partial charge is 0.284 e. The summed E-state index contributed by atoms with van der Waals surface area (Å²) in [4.78, 5) is 21.2. The molecule has 1 amide bonds. The summed E-state index contributed by atoms with van der Waals surface area (Å²) in [6.07, 6.45) is 2.53. The maximum absolute atomic E-state index is 10.9. The first-order chi connectivity index (χ1) is 8.49. The van der Waals surface area contributed by atoms with Gasteiger partial charge in [0.1, 0.15) is 0 Å². The predicted octanol–water partition coefficient (Wildman–Crippen LogP) is 2.23. The van der Waals surface area contributed by atoms with E-state index >= 15 is 0 Å². The van der Waals surface area contributed by atoms with E-state index in [0.29, 0.717) is 12.8 Å². The van der Waals surface area contributed by atoms with Crippen LogP contribution in [0.2, 0.25) is 0 Å². The SMILES string of the molecule is CCCc1ccc(C(C)(C)CNC(=O)C=O)cc1. The van der Waals surface area contributed by atoms with Crippen LogP contribution in [-0.2, 0) is 21.4 Å². The second-order valence-corrected chi connectivity index (χ2v) is 5.17. The predicted molar refractivity (Wildman–Crippen MR) is 72.5 cm³/mol. The molecule has 0 aliphatic carbocycles. The first-order valence-corrected chi connectivity index (χ1v) is 6.32. The Kier molecular flexibility index (Phi) is 5.08. The summed E-state index contributed by atoms with van der Waals surface area (Å²) in [6, 6.07) is 8.44. The molecule has 0 atom stereocenters. The highest BCUT2D eigenvalue weighted by atomic mass is 16.2. The maximum atomic E-state index is 10.9. The van der Waals surface area contributed by atoms with Crippen LogP contribution in [0.15, 0.2) is 24.3 Å². The Morgan fingerprint density at radius 3 is 2.39 bits per heavy atom. The van der Waals surface area contributed by atoms with Crippen molar-refractivity contribution in [3.8, 4) is 0 Å². The Labute approximate surface area is 109 Å². The van der Waals surface area contributed by atoms with Crippen LogP contribution >= 0.6 is 0 Å². The van der Waals surface area contributed by atoms with Gasteiger partial charge in [0.15, 0.2) is 0 Å². The van der Waals surface area contributed by atoms with Crippen LogP contribution in [0, 0.1) is 0 Å². The molecule has 0 unspecified atom stereocenters. The molecule has 3 heteroatoms. The van der Waals surface area contributed by atoms with E-state index in [1.807, 2.05) is 13.8 Å². The molecule has 98 valence electrons. The number of nitrogens with one attached hydrogen (secondary N) is 1. The minimum absolute atomic E-state index is 0.177. The van der Waals surface area contributed by atoms with Crippen molar-refractivity contribution >= 4 is 12.2 Å². The van der Waals surface area contributed by atoms with E-state index in [1.165, 1.54) is 5.56 Å². The topological polar surface area (TPSA) is 46.2 Å². The van der Waals surface area contributed by atoms with E-state index in [-0.39, 0.29) is 5.41 Å². The summed E-state index contributed by atoms with van der Waals surface area (Å²) in [5, 5.41) is 2.60. The number of aldehydes is 1. The van der Waals surface area contributed by atoms with Gasteiger partial charge in [-0.15, -0.1) is 0 Å². The van der Waals surface area contributed by atoms with Crippen LogP contribution in [0.25, 0.3) is 0 Å². The van der Waals surface area contributed by atoms with Crippen molar-refractivity contribution in [1.82, 2.24) is 5.32 Å². The van der Waals surface area contributed by atoms with E-state index in [0.717, 1.165) is 18.4 Å². The Balaban J connectivity index is 2.71. The van der Waals surface area contributed by atoms with Crippen molar-refractivity contribution in [2.45, 2.75) is 39.0 Å². The number of benzene rings is 1. The van der Waals surface area contributed by atoms with Crippen molar-refractivity contribution in [1.29, 1.82) is 0 Å². The van der Waals surface area contributed by atoms with Gasteiger partial charge < -0.3 is 5.32 Å². The molecule has 1 aromatic carbocycles. The fraction of sp³-hybridized carbons (Fsp3) is 0.467. The summed E-state index contributed by atoms with van der Waals surface area (Å²) >= 11 is 0. The average molecular weight is 247 g/mol. The Bertz CT molecular complexity index is 407. The zero-order valence-electron chi connectivity index (χ0n) is 11.3. The molecule has 0 bridgehead atoms. The fourth-order valence-electron chi connectivity index (χ4n) is 1.86. The molecule has 0 radical (unpaired) electrons. The lowest BCUT2D eigenvalue weighted by Crippen LogP contribution is -2.37. The van der Waals surface area contributed by atoms with Crippen molar-refractivity contribution < 1.29 is 9.59 Å². The number of hydrogen-bond donors (Lipinski definition) is 1. The summed E-state index contributed by atoms with van der Waals surface area (Å²) in [5.41, 5.74) is 2.31. The van der Waals surface area contributed by atoms with Crippen molar-refractivity contribution in [2.24, 2.45) is 0 Å². The quantitative estimate of drug-likeness (QED) is 0.619. The number of carbonyl (C=O) groups is 2. The lowest BCUT2D eigenvalue weighted by Gasteiger charge is -2.25. The first kappa shape index (κ1) is 14.4. The van der Waals surface area contributed by atoms with Crippen molar-refractivity contribution in [3.63, 3.8) is 0 Å². The van der Waals surface area contributed by atoms with Gasteiger partial charge in [0.2, 0.25) is 6.29 Å². The number of amides is 1. The third-order valence-electron chi connectivity index (χ3n) is 3.09. The molecule has 1 rings (SSSR count). The Morgan fingerprint density at radius 1 is 1.28 bits per heavy atom. The number of rotatable bonds is 6. The molecule has 0 fully saturated rings. The van der Waals surface area contributed by atoms with Crippen LogP contribution in [0.5, 0.6) is 0 Å². The van der Waals surface area contributed by atoms with Gasteiger partial charge in [0.05, 0.1) is 0 Å². The fourth-order valence-corrected chi connectivity index (χ4v) is 1.86. The van der Waals surface area contributed by atoms with Gasteiger partial charge >= 0.3 is 0 Å². The van der Waals surface area contributed by atoms with Gasteiger partial charge in [0.25, 0.3) is 5.91 Å². The minimum atomic E-state index is -0.564. The second-order valence-electron chi connectivity index (χ2n) is 5.17. The third kappa shape index (κ3) is 3.99. The monoisotopic (exact) mass is 247 g/mol. The molecule has 0 saturated heterocycles. The zero-order valence-corrected chi connectivity index (χ0v) is 11.3. The average Bonchev–Trinajstić information content (AvgIpc) is 2.37. The minimum Gasteiger partial charge on any atom is -0.349 e. The standard InChI is InChI=1S/C15H21NO2/c1-4-5-12-6-8-13(9-7-12)15(2,3)11-16-14(18)10-17/h6-10H,4-5,11H2,1-3H3,(H,16,18). The summed E-state index contributed by atoms with van der Waals surface area (Å²) in [5.74, 6) is -0.564. The van der Waals surface area contributed by atoms with E-state index in [1.54, 1.807) is 0 Å². The molecule has 3 nitrogen and oxygen atoms in total. The normalized spacial score (nSPS) is 11.1. The van der Waals surface area contributed by atoms with Crippen molar-refractivity contribution in [2.75, 3.05) is 6.54 Å². The molecular weight excluding hydrogens is 226 g/mol. The van der Waals surface area contributed by atoms with Gasteiger partial charge in [-0.2, -0.15) is 0 Å². The number of carbonyl (C=O) groups excluding carboxylic acids is 2. The highest BCUT2D eigenvalue weighted by Gasteiger charge is 2.21. The third-order valence-corrected chi connectivity index (χ3v) is 3.09. The van der Waals surface area contributed by atoms with Gasteiger partial charge in [-0.25, -0.2) is 0 Å². The summed E-state index contributed by atoms with van der Waals surface area (Å²) in [6.45, 7) is 6.71. The van der Waals surface area contributed by atoms with Gasteiger partial charge in [-0.1, -0.05) is 51.5 Å². The van der Waals surface area contributed by atoms with Crippen LogP contribution in [0.1, 0.15) is 38.3 Å². The molecule has 0 aromatic heterocycles. The molecule has 1 N–H and O–H groups in total. The van der Waals surface area contributed by atoms with E-state index in [9.17, 15) is 9.59 Å². The molecule has 0 heterocycles. The number of aryl methyl sites for hydroxylation is 1. The molecular formula is C15H21NO2. The van der Waals surface area contributed by atoms with E-state index in [4.69, 9.17) is 0 Å². The van der Waals surface area contributed by atoms with Crippen LogP contribution < -0.4 is 5.32 Å². The Hall–Kier alpha value is -1.64. The van der Waals surface area contributed by atoms with Crippen LogP contribution in [-0.4, -0.2) is 18.7 Å². The molecule has 0 aliphatic heterocycles. The van der Waals surface area contributed by atoms with Gasteiger partial charge in [-0.3, -0.25) is 9.59 Å².